The second-order valence-corrected chi connectivity index (χ2v) is 5.03. The van der Waals surface area contributed by atoms with Crippen molar-refractivity contribution in [3.05, 3.63) is 0 Å². The third-order valence-corrected chi connectivity index (χ3v) is 3.14. The normalized spacial score (nSPS) is 12.2. The summed E-state index contributed by atoms with van der Waals surface area (Å²) in [6, 6.07) is 0. The molecule has 4 nitrogen and oxygen atoms in total. The average Bonchev–Trinajstić information content (AvgIpc) is 2.32. The quantitative estimate of drug-likeness (QED) is 0.612. The Bertz CT molecular complexity index is 253. The van der Waals surface area contributed by atoms with E-state index in [4.69, 9.17) is 5.11 Å². The molecule has 0 spiro atoms. The van der Waals surface area contributed by atoms with E-state index in [9.17, 15) is 9.59 Å². The highest BCUT2D eigenvalue weighted by Crippen LogP contribution is 2.08. The Morgan fingerprint density at radius 1 is 1.11 bits per heavy atom. The predicted molar refractivity (Wildman–Crippen MR) is 72.4 cm³/mol. The number of carboxylic acids is 1. The van der Waals surface area contributed by atoms with Gasteiger partial charge in [0.1, 0.15) is 0 Å². The van der Waals surface area contributed by atoms with Crippen LogP contribution >= 0.6 is 0 Å². The number of amides is 1. The Balaban J connectivity index is 3.65. The first-order valence-corrected chi connectivity index (χ1v) is 6.95. The Morgan fingerprint density at radius 3 is 2.22 bits per heavy atom. The van der Waals surface area contributed by atoms with Crippen LogP contribution in [0.5, 0.6) is 0 Å². The van der Waals surface area contributed by atoms with Gasteiger partial charge in [-0.25, -0.2) is 0 Å². The molecule has 1 amide bonds. The molecule has 0 aromatic rings. The lowest BCUT2D eigenvalue weighted by molar-refractivity contribution is -0.142. The van der Waals surface area contributed by atoms with E-state index in [1.165, 1.54) is 30.6 Å². The van der Waals surface area contributed by atoms with Crippen LogP contribution in [0.4, 0.5) is 0 Å². The second kappa shape index (κ2) is 9.92. The number of nitrogens with zero attached hydrogens (tertiary/aromatic N) is 1. The van der Waals surface area contributed by atoms with Gasteiger partial charge in [-0.05, 0) is 6.42 Å². The summed E-state index contributed by atoms with van der Waals surface area (Å²) in [4.78, 5) is 23.9. The number of unbranched alkanes of at least 4 members (excludes halogenated alkanes) is 5. The molecule has 4 heteroatoms. The van der Waals surface area contributed by atoms with Gasteiger partial charge in [0.05, 0.1) is 5.92 Å². The molecular formula is C14H27NO3. The molecule has 106 valence electrons. The summed E-state index contributed by atoms with van der Waals surface area (Å²) in [5.41, 5.74) is 0. The van der Waals surface area contributed by atoms with Crippen LogP contribution in [-0.4, -0.2) is 35.5 Å². The van der Waals surface area contributed by atoms with Crippen LogP contribution in [0.25, 0.3) is 0 Å². The van der Waals surface area contributed by atoms with E-state index < -0.39 is 11.9 Å². The Morgan fingerprint density at radius 2 is 1.67 bits per heavy atom. The van der Waals surface area contributed by atoms with Crippen molar-refractivity contribution in [2.75, 3.05) is 13.6 Å². The number of aliphatic carboxylic acids is 1. The molecule has 0 aliphatic carbocycles. The molecule has 1 unspecified atom stereocenters. The molecule has 1 atom stereocenters. The molecule has 0 fully saturated rings. The molecule has 0 aliphatic rings. The van der Waals surface area contributed by atoms with Gasteiger partial charge in [-0.3, -0.25) is 9.59 Å². The third kappa shape index (κ3) is 8.09. The molecule has 0 rings (SSSR count). The number of hydrogen-bond donors (Lipinski definition) is 1. The van der Waals surface area contributed by atoms with Gasteiger partial charge in [-0.15, -0.1) is 0 Å². The Labute approximate surface area is 110 Å². The van der Waals surface area contributed by atoms with Gasteiger partial charge < -0.3 is 10.0 Å². The summed E-state index contributed by atoms with van der Waals surface area (Å²) in [7, 11) is 1.68. The van der Waals surface area contributed by atoms with Crippen molar-refractivity contribution in [3.63, 3.8) is 0 Å². The third-order valence-electron chi connectivity index (χ3n) is 3.14. The molecular weight excluding hydrogens is 230 g/mol. The highest BCUT2D eigenvalue weighted by Gasteiger charge is 2.16. The molecule has 18 heavy (non-hydrogen) atoms. The summed E-state index contributed by atoms with van der Waals surface area (Å²) in [6.07, 6.45) is 7.48. The van der Waals surface area contributed by atoms with Crippen LogP contribution in [0, 0.1) is 5.92 Å². The predicted octanol–water partition coefficient (Wildman–Crippen LogP) is 2.92. The lowest BCUT2D eigenvalue weighted by Crippen LogP contribution is -2.33. The van der Waals surface area contributed by atoms with Crippen molar-refractivity contribution >= 4 is 11.9 Å². The monoisotopic (exact) mass is 257 g/mol. The fourth-order valence-electron chi connectivity index (χ4n) is 1.84. The fraction of sp³-hybridized carbons (Fsp3) is 0.857. The number of carbonyl (C=O) groups is 2. The first-order chi connectivity index (χ1) is 8.49. The van der Waals surface area contributed by atoms with Gasteiger partial charge in [-0.2, -0.15) is 0 Å². The Hall–Kier alpha value is -1.06. The van der Waals surface area contributed by atoms with Crippen molar-refractivity contribution in [2.45, 2.75) is 58.8 Å². The molecule has 0 aromatic carbocycles. The molecule has 0 bridgehead atoms. The van der Waals surface area contributed by atoms with Crippen LogP contribution in [-0.2, 0) is 9.59 Å². The van der Waals surface area contributed by atoms with Crippen LogP contribution in [0.3, 0.4) is 0 Å². The van der Waals surface area contributed by atoms with Crippen LogP contribution in [0.1, 0.15) is 58.8 Å². The van der Waals surface area contributed by atoms with E-state index in [0.29, 0.717) is 13.0 Å². The standard InChI is InChI=1S/C14H27NO3/c1-4-5-6-7-8-9-10-13(16)15(3)11-12(2)14(17)18/h12H,4-11H2,1-3H3,(H,17,18). The highest BCUT2D eigenvalue weighted by molar-refractivity contribution is 5.77. The maximum atomic E-state index is 11.7. The lowest BCUT2D eigenvalue weighted by Gasteiger charge is -2.19. The summed E-state index contributed by atoms with van der Waals surface area (Å²) in [6.45, 7) is 4.10. The van der Waals surface area contributed by atoms with E-state index in [2.05, 4.69) is 6.92 Å². The maximum Gasteiger partial charge on any atom is 0.308 e. The summed E-state index contributed by atoms with van der Waals surface area (Å²) >= 11 is 0. The van der Waals surface area contributed by atoms with Gasteiger partial charge in [0.25, 0.3) is 0 Å². The number of carboxylic acid groups (broad SMARTS) is 1. The number of rotatable bonds is 10. The van der Waals surface area contributed by atoms with Crippen molar-refractivity contribution in [1.29, 1.82) is 0 Å². The zero-order valence-corrected chi connectivity index (χ0v) is 11.9. The zero-order valence-electron chi connectivity index (χ0n) is 11.9. The zero-order chi connectivity index (χ0) is 14.0. The minimum atomic E-state index is -0.853. The van der Waals surface area contributed by atoms with Gasteiger partial charge in [-0.1, -0.05) is 46.0 Å². The van der Waals surface area contributed by atoms with Crippen LogP contribution in [0.15, 0.2) is 0 Å². The molecule has 0 radical (unpaired) electrons. The SMILES string of the molecule is CCCCCCCCC(=O)N(C)CC(C)C(=O)O. The molecule has 0 aliphatic heterocycles. The van der Waals surface area contributed by atoms with E-state index in [1.54, 1.807) is 14.0 Å². The van der Waals surface area contributed by atoms with Crippen molar-refractivity contribution < 1.29 is 14.7 Å². The minimum Gasteiger partial charge on any atom is -0.481 e. The van der Waals surface area contributed by atoms with Gasteiger partial charge in [0, 0.05) is 20.0 Å². The molecule has 0 heterocycles. The van der Waals surface area contributed by atoms with Crippen molar-refractivity contribution in [1.82, 2.24) is 4.90 Å². The summed E-state index contributed by atoms with van der Waals surface area (Å²) in [5, 5.41) is 8.77. The molecule has 0 saturated heterocycles. The first kappa shape index (κ1) is 16.9. The maximum absolute atomic E-state index is 11.7. The van der Waals surface area contributed by atoms with E-state index >= 15 is 0 Å². The van der Waals surface area contributed by atoms with Gasteiger partial charge in [0.15, 0.2) is 0 Å². The Kier molecular flexibility index (Phi) is 9.33. The second-order valence-electron chi connectivity index (χ2n) is 5.03. The molecule has 0 aromatic heterocycles. The highest BCUT2D eigenvalue weighted by atomic mass is 16.4. The smallest absolute Gasteiger partial charge is 0.308 e. The van der Waals surface area contributed by atoms with Crippen LogP contribution in [0.2, 0.25) is 0 Å². The van der Waals surface area contributed by atoms with Crippen molar-refractivity contribution in [3.8, 4) is 0 Å². The van der Waals surface area contributed by atoms with E-state index in [0.717, 1.165) is 12.8 Å². The average molecular weight is 257 g/mol. The van der Waals surface area contributed by atoms with Crippen LogP contribution < -0.4 is 0 Å². The summed E-state index contributed by atoms with van der Waals surface area (Å²) < 4.78 is 0. The van der Waals surface area contributed by atoms with E-state index in [1.807, 2.05) is 0 Å². The first-order valence-electron chi connectivity index (χ1n) is 6.95. The minimum absolute atomic E-state index is 0.0543. The topological polar surface area (TPSA) is 57.6 Å². The molecule has 0 saturated carbocycles. The molecule has 1 N–H and O–H groups in total. The number of hydrogen-bond acceptors (Lipinski definition) is 2. The summed E-state index contributed by atoms with van der Waals surface area (Å²) in [5.74, 6) is -1.30. The number of carbonyl (C=O) groups excluding carboxylic acids is 1. The van der Waals surface area contributed by atoms with Gasteiger partial charge >= 0.3 is 5.97 Å². The van der Waals surface area contributed by atoms with Gasteiger partial charge in [0.2, 0.25) is 5.91 Å². The van der Waals surface area contributed by atoms with E-state index in [-0.39, 0.29) is 5.91 Å². The fourth-order valence-corrected chi connectivity index (χ4v) is 1.84. The van der Waals surface area contributed by atoms with Crippen molar-refractivity contribution in [2.24, 2.45) is 5.92 Å². The largest absolute Gasteiger partial charge is 0.481 e. The lowest BCUT2D eigenvalue weighted by atomic mass is 10.1.